The molecule has 0 saturated heterocycles. The van der Waals surface area contributed by atoms with E-state index in [2.05, 4.69) is 5.32 Å². The summed E-state index contributed by atoms with van der Waals surface area (Å²) in [5.41, 5.74) is 3.03. The van der Waals surface area contributed by atoms with Crippen LogP contribution in [0.1, 0.15) is 59.0 Å². The van der Waals surface area contributed by atoms with Crippen LogP contribution in [0.4, 0.5) is 5.69 Å². The van der Waals surface area contributed by atoms with Crippen LogP contribution in [-0.2, 0) is 4.79 Å². The van der Waals surface area contributed by atoms with Crippen molar-refractivity contribution in [2.24, 2.45) is 0 Å². The average Bonchev–Trinajstić information content (AvgIpc) is 3.60. The van der Waals surface area contributed by atoms with Crippen molar-refractivity contribution in [2.75, 3.05) is 26.2 Å². The molecule has 3 aromatic rings. The average molecular weight is 507 g/mol. The third-order valence-corrected chi connectivity index (χ3v) is 6.65. The Morgan fingerprint density at radius 2 is 1.57 bits per heavy atom. The van der Waals surface area contributed by atoms with E-state index in [1.54, 1.807) is 24.3 Å². The first-order chi connectivity index (χ1) is 17.9. The summed E-state index contributed by atoms with van der Waals surface area (Å²) >= 11 is 0. The Balaban J connectivity index is 1.93. The fourth-order valence-corrected chi connectivity index (χ4v) is 5.02. The number of methoxy groups -OCH3 is 3. The van der Waals surface area contributed by atoms with E-state index < -0.39 is 11.9 Å². The molecule has 0 unspecified atom stereocenters. The Morgan fingerprint density at radius 3 is 2.08 bits per heavy atom. The molecule has 4 rings (SSSR count). The number of amides is 2. The second-order valence-electron chi connectivity index (χ2n) is 9.35. The Morgan fingerprint density at radius 1 is 0.946 bits per heavy atom. The van der Waals surface area contributed by atoms with Crippen LogP contribution in [0.5, 0.6) is 17.2 Å². The molecule has 0 radical (unpaired) electrons. The maximum atomic E-state index is 14.1. The minimum atomic E-state index is -1.03. The Bertz CT molecular complexity index is 1200. The van der Waals surface area contributed by atoms with Gasteiger partial charge in [0.1, 0.15) is 6.04 Å². The van der Waals surface area contributed by atoms with Crippen molar-refractivity contribution >= 4 is 17.5 Å². The predicted octanol–water partition coefficient (Wildman–Crippen LogP) is 5.37. The third-order valence-electron chi connectivity index (χ3n) is 6.65. The number of nitrogens with one attached hydrogen (secondary N) is 1. The van der Waals surface area contributed by atoms with E-state index in [0.717, 1.165) is 36.8 Å². The lowest BCUT2D eigenvalue weighted by molar-refractivity contribution is -0.123. The van der Waals surface area contributed by atoms with Crippen LogP contribution in [0, 0.1) is 13.8 Å². The highest BCUT2D eigenvalue weighted by atomic mass is 16.5. The molecular weight excluding hydrogens is 472 g/mol. The summed E-state index contributed by atoms with van der Waals surface area (Å²) in [7, 11) is 4.56. The molecule has 1 fully saturated rings. The zero-order valence-corrected chi connectivity index (χ0v) is 22.0. The number of hydrogen-bond donors (Lipinski definition) is 1. The lowest BCUT2D eigenvalue weighted by Gasteiger charge is -2.32. The number of carbonyl (C=O) groups is 2. The van der Waals surface area contributed by atoms with Crippen LogP contribution in [-0.4, -0.2) is 39.2 Å². The molecular formula is C29H34N2O6. The van der Waals surface area contributed by atoms with Gasteiger partial charge in [-0.05, 0) is 79.8 Å². The van der Waals surface area contributed by atoms with Gasteiger partial charge in [-0.15, -0.1) is 0 Å². The van der Waals surface area contributed by atoms with Gasteiger partial charge in [-0.3, -0.25) is 14.5 Å². The van der Waals surface area contributed by atoms with Crippen molar-refractivity contribution in [1.82, 2.24) is 5.32 Å². The molecule has 1 aliphatic carbocycles. The zero-order valence-electron chi connectivity index (χ0n) is 22.0. The highest BCUT2D eigenvalue weighted by molar-refractivity contribution is 6.08. The molecule has 196 valence electrons. The molecule has 37 heavy (non-hydrogen) atoms. The SMILES string of the molecule is COc1cc([C@H](C(=O)NC2CCCC2)N(C(=O)c2ccco2)c2cc(C)cc(C)c2)cc(OC)c1OC. The highest BCUT2D eigenvalue weighted by Gasteiger charge is 2.37. The molecule has 1 aliphatic rings. The van der Waals surface area contributed by atoms with E-state index in [1.807, 2.05) is 32.0 Å². The number of benzene rings is 2. The van der Waals surface area contributed by atoms with Crippen molar-refractivity contribution in [2.45, 2.75) is 51.6 Å². The second kappa shape index (κ2) is 11.4. The molecule has 1 atom stereocenters. The molecule has 1 N–H and O–H groups in total. The Labute approximate surface area is 217 Å². The number of hydrogen-bond acceptors (Lipinski definition) is 6. The molecule has 8 nitrogen and oxygen atoms in total. The lowest BCUT2D eigenvalue weighted by Crippen LogP contribution is -2.46. The third kappa shape index (κ3) is 5.58. The van der Waals surface area contributed by atoms with E-state index in [9.17, 15) is 9.59 Å². The van der Waals surface area contributed by atoms with Gasteiger partial charge in [0.15, 0.2) is 17.3 Å². The largest absolute Gasteiger partial charge is 0.493 e. The van der Waals surface area contributed by atoms with Crippen LogP contribution >= 0.6 is 0 Å². The molecule has 2 aromatic carbocycles. The van der Waals surface area contributed by atoms with E-state index in [0.29, 0.717) is 28.5 Å². The van der Waals surface area contributed by atoms with E-state index in [4.69, 9.17) is 18.6 Å². The molecule has 0 aliphatic heterocycles. The fourth-order valence-electron chi connectivity index (χ4n) is 5.02. The first kappa shape index (κ1) is 26.1. The van der Waals surface area contributed by atoms with Crippen LogP contribution in [0.2, 0.25) is 0 Å². The number of aryl methyl sites for hydroxylation is 2. The summed E-state index contributed by atoms with van der Waals surface area (Å²) < 4.78 is 22.2. The molecule has 2 amide bonds. The summed E-state index contributed by atoms with van der Waals surface area (Å²) in [6.45, 7) is 3.91. The smallest absolute Gasteiger partial charge is 0.294 e. The van der Waals surface area contributed by atoms with Crippen molar-refractivity contribution in [1.29, 1.82) is 0 Å². The highest BCUT2D eigenvalue weighted by Crippen LogP contribution is 2.42. The summed E-state index contributed by atoms with van der Waals surface area (Å²) in [6.07, 6.45) is 5.38. The molecule has 8 heteroatoms. The van der Waals surface area contributed by atoms with Crippen LogP contribution in [0.3, 0.4) is 0 Å². The maximum Gasteiger partial charge on any atom is 0.294 e. The fraction of sp³-hybridized carbons (Fsp3) is 0.379. The summed E-state index contributed by atoms with van der Waals surface area (Å²) in [6, 6.07) is 11.5. The van der Waals surface area contributed by atoms with Gasteiger partial charge in [-0.1, -0.05) is 18.9 Å². The van der Waals surface area contributed by atoms with Gasteiger partial charge >= 0.3 is 0 Å². The van der Waals surface area contributed by atoms with Crippen LogP contribution in [0.25, 0.3) is 0 Å². The first-order valence-electron chi connectivity index (χ1n) is 12.4. The Hall–Kier alpha value is -3.94. The predicted molar refractivity (Wildman–Crippen MR) is 141 cm³/mol. The molecule has 1 saturated carbocycles. The first-order valence-corrected chi connectivity index (χ1v) is 12.4. The zero-order chi connectivity index (χ0) is 26.5. The van der Waals surface area contributed by atoms with Gasteiger partial charge in [-0.2, -0.15) is 0 Å². The van der Waals surface area contributed by atoms with Gasteiger partial charge < -0.3 is 23.9 Å². The van der Waals surface area contributed by atoms with Gasteiger partial charge in [-0.25, -0.2) is 0 Å². The molecule has 0 bridgehead atoms. The van der Waals surface area contributed by atoms with Gasteiger partial charge in [0.25, 0.3) is 5.91 Å². The van der Waals surface area contributed by atoms with Crippen LogP contribution in [0.15, 0.2) is 53.1 Å². The van der Waals surface area contributed by atoms with E-state index >= 15 is 0 Å². The number of ether oxygens (including phenoxy) is 3. The topological polar surface area (TPSA) is 90.2 Å². The Kier molecular flexibility index (Phi) is 8.06. The maximum absolute atomic E-state index is 14.1. The number of furan rings is 1. The van der Waals surface area contributed by atoms with Gasteiger partial charge in [0.05, 0.1) is 27.6 Å². The lowest BCUT2D eigenvalue weighted by atomic mass is 9.99. The normalized spacial score (nSPS) is 14.2. The molecule has 0 spiro atoms. The van der Waals surface area contributed by atoms with Crippen molar-refractivity contribution < 1.29 is 28.2 Å². The standard InChI is InChI=1S/C29H34N2O6/c1-18-13-19(2)15-22(14-18)31(29(33)23-11-8-12-37-23)26(28(32)30-21-9-6-7-10-21)20-16-24(34-3)27(36-5)25(17-20)35-4/h8,11-17,21,26H,6-7,9-10H2,1-5H3,(H,30,32)/t26-/m1/s1. The number of carbonyl (C=O) groups excluding carboxylic acids is 2. The summed E-state index contributed by atoms with van der Waals surface area (Å²) in [5, 5.41) is 3.18. The van der Waals surface area contributed by atoms with Gasteiger partial charge in [0.2, 0.25) is 11.7 Å². The van der Waals surface area contributed by atoms with E-state index in [-0.39, 0.29) is 17.7 Å². The van der Waals surface area contributed by atoms with E-state index in [1.165, 1.54) is 32.5 Å². The quantitative estimate of drug-likeness (QED) is 0.420. The monoisotopic (exact) mass is 506 g/mol. The van der Waals surface area contributed by atoms with Gasteiger partial charge in [0, 0.05) is 11.7 Å². The summed E-state index contributed by atoms with van der Waals surface area (Å²) in [4.78, 5) is 29.5. The summed E-state index contributed by atoms with van der Waals surface area (Å²) in [5.74, 6) is 0.586. The van der Waals surface area contributed by atoms with Crippen LogP contribution < -0.4 is 24.4 Å². The second-order valence-corrected chi connectivity index (χ2v) is 9.35. The van der Waals surface area contributed by atoms with Crippen molar-refractivity contribution in [3.8, 4) is 17.2 Å². The number of anilines is 1. The van der Waals surface area contributed by atoms with Crippen molar-refractivity contribution in [3.63, 3.8) is 0 Å². The minimum Gasteiger partial charge on any atom is -0.493 e. The van der Waals surface area contributed by atoms with Crippen molar-refractivity contribution in [3.05, 3.63) is 71.2 Å². The number of rotatable bonds is 9. The molecule has 1 aromatic heterocycles. The minimum absolute atomic E-state index is 0.0526. The number of nitrogens with zero attached hydrogens (tertiary/aromatic N) is 1. The molecule has 1 heterocycles.